The molecule has 3 unspecified atom stereocenters. The summed E-state index contributed by atoms with van der Waals surface area (Å²) in [5.74, 6) is -1.94. The van der Waals surface area contributed by atoms with Gasteiger partial charge in [-0.05, 0) is 25.1 Å². The van der Waals surface area contributed by atoms with E-state index in [9.17, 15) is 19.1 Å². The zero-order chi connectivity index (χ0) is 17.1. The number of hydrogen-bond donors (Lipinski definition) is 1. The number of carbonyl (C=O) groups is 2. The number of hydrogen-bond acceptors (Lipinski definition) is 4. The number of halogens is 2. The minimum absolute atomic E-state index is 0.0376. The van der Waals surface area contributed by atoms with Gasteiger partial charge in [0.05, 0.1) is 11.1 Å². The van der Waals surface area contributed by atoms with Crippen molar-refractivity contribution in [1.29, 1.82) is 0 Å². The van der Waals surface area contributed by atoms with Gasteiger partial charge in [-0.15, -0.1) is 0 Å². The van der Waals surface area contributed by atoms with Crippen LogP contribution < -0.4 is 4.74 Å². The van der Waals surface area contributed by atoms with Crippen LogP contribution in [0.4, 0.5) is 4.39 Å². The number of benzene rings is 1. The Morgan fingerprint density at radius 3 is 2.74 bits per heavy atom. The van der Waals surface area contributed by atoms with E-state index in [1.807, 2.05) is 0 Å². The highest BCUT2D eigenvalue weighted by molar-refractivity contribution is 6.32. The summed E-state index contributed by atoms with van der Waals surface area (Å²) in [5, 5.41) is 9.28. The number of methoxy groups -OCH3 is 1. The van der Waals surface area contributed by atoms with Crippen molar-refractivity contribution in [3.8, 4) is 5.75 Å². The predicted octanol–water partition coefficient (Wildman–Crippen LogP) is 1.95. The van der Waals surface area contributed by atoms with Crippen molar-refractivity contribution in [2.24, 2.45) is 0 Å². The van der Waals surface area contributed by atoms with E-state index < -0.39 is 29.8 Å². The van der Waals surface area contributed by atoms with Crippen LogP contribution in [0.5, 0.6) is 5.75 Å². The van der Waals surface area contributed by atoms with Gasteiger partial charge in [-0.25, -0.2) is 9.18 Å². The third-order valence-corrected chi connectivity index (χ3v) is 4.00. The first-order valence-corrected chi connectivity index (χ1v) is 7.39. The van der Waals surface area contributed by atoms with Crippen LogP contribution in [0.1, 0.15) is 13.3 Å². The molecule has 6 nitrogen and oxygen atoms in total. The number of nitrogens with zero attached hydrogens (tertiary/aromatic N) is 1. The molecule has 1 aromatic carbocycles. The molecule has 0 radical (unpaired) electrons. The molecule has 1 N–H and O–H groups in total. The van der Waals surface area contributed by atoms with Crippen LogP contribution in [0.25, 0.3) is 0 Å². The topological polar surface area (TPSA) is 76.1 Å². The molecule has 126 valence electrons. The molecule has 0 aromatic heterocycles. The van der Waals surface area contributed by atoms with Gasteiger partial charge in [-0.1, -0.05) is 11.6 Å². The monoisotopic (exact) mass is 345 g/mol. The Bertz CT molecular complexity index is 612. The molecule has 1 fully saturated rings. The van der Waals surface area contributed by atoms with E-state index in [1.54, 1.807) is 0 Å². The zero-order valence-electron chi connectivity index (χ0n) is 12.7. The summed E-state index contributed by atoms with van der Waals surface area (Å²) >= 11 is 5.86. The van der Waals surface area contributed by atoms with Gasteiger partial charge in [0.25, 0.3) is 5.91 Å². The van der Waals surface area contributed by atoms with Gasteiger partial charge in [0.15, 0.2) is 6.10 Å². The van der Waals surface area contributed by atoms with Crippen LogP contribution in [0, 0.1) is 5.82 Å². The van der Waals surface area contributed by atoms with Crippen molar-refractivity contribution in [3.05, 3.63) is 29.0 Å². The second kappa shape index (κ2) is 7.14. The Morgan fingerprint density at radius 1 is 1.48 bits per heavy atom. The van der Waals surface area contributed by atoms with Gasteiger partial charge >= 0.3 is 5.97 Å². The molecule has 0 bridgehead atoms. The Labute approximate surface area is 137 Å². The third-order valence-electron chi connectivity index (χ3n) is 3.71. The van der Waals surface area contributed by atoms with Crippen molar-refractivity contribution < 1.29 is 28.6 Å². The van der Waals surface area contributed by atoms with Gasteiger partial charge in [0.2, 0.25) is 0 Å². The predicted molar refractivity (Wildman–Crippen MR) is 80.1 cm³/mol. The molecule has 0 aliphatic carbocycles. The normalized spacial score (nSPS) is 22.0. The Hall–Kier alpha value is -1.86. The van der Waals surface area contributed by atoms with Crippen LogP contribution in [0.2, 0.25) is 5.02 Å². The van der Waals surface area contributed by atoms with Gasteiger partial charge in [0.1, 0.15) is 17.6 Å². The maximum atomic E-state index is 13.0. The van der Waals surface area contributed by atoms with E-state index in [0.717, 1.165) is 12.1 Å². The first-order valence-electron chi connectivity index (χ1n) is 7.01. The summed E-state index contributed by atoms with van der Waals surface area (Å²) in [6.45, 7) is 1.66. The smallest absolute Gasteiger partial charge is 0.326 e. The quantitative estimate of drug-likeness (QED) is 0.882. The largest absolute Gasteiger partial charge is 0.480 e. The lowest BCUT2D eigenvalue weighted by atomic mass is 10.2. The minimum atomic E-state index is -1.09. The number of likely N-dealkylation sites (tertiary alicyclic amines) is 1. The fourth-order valence-corrected chi connectivity index (χ4v) is 2.70. The first-order chi connectivity index (χ1) is 10.8. The Balaban J connectivity index is 2.10. The lowest BCUT2D eigenvalue weighted by Crippen LogP contribution is -2.46. The number of aliphatic carboxylic acids is 1. The van der Waals surface area contributed by atoms with Crippen LogP contribution in [0.3, 0.4) is 0 Å². The van der Waals surface area contributed by atoms with Crippen molar-refractivity contribution in [2.45, 2.75) is 31.6 Å². The van der Waals surface area contributed by atoms with E-state index in [-0.39, 0.29) is 29.8 Å². The molecule has 1 amide bonds. The molecule has 2 rings (SSSR count). The number of carboxylic acids is 1. The van der Waals surface area contributed by atoms with E-state index in [1.165, 1.54) is 25.0 Å². The van der Waals surface area contributed by atoms with Crippen LogP contribution in [-0.4, -0.2) is 53.8 Å². The fraction of sp³-hybridized carbons (Fsp3) is 0.467. The van der Waals surface area contributed by atoms with E-state index >= 15 is 0 Å². The number of ether oxygens (including phenoxy) is 2. The summed E-state index contributed by atoms with van der Waals surface area (Å²) < 4.78 is 23.6. The summed E-state index contributed by atoms with van der Waals surface area (Å²) in [5.41, 5.74) is 0. The van der Waals surface area contributed by atoms with Gasteiger partial charge in [0, 0.05) is 20.1 Å². The summed E-state index contributed by atoms with van der Waals surface area (Å²) in [6.07, 6.45) is -1.07. The van der Waals surface area contributed by atoms with Crippen molar-refractivity contribution in [2.75, 3.05) is 13.7 Å². The molecule has 1 aliphatic rings. The highest BCUT2D eigenvalue weighted by atomic mass is 35.5. The number of amides is 1. The number of carbonyl (C=O) groups excluding carboxylic acids is 1. The number of rotatable bonds is 5. The molecule has 0 spiro atoms. The molecule has 8 heteroatoms. The van der Waals surface area contributed by atoms with Crippen LogP contribution >= 0.6 is 11.6 Å². The zero-order valence-corrected chi connectivity index (χ0v) is 13.4. The Morgan fingerprint density at radius 2 is 2.17 bits per heavy atom. The molecule has 0 saturated carbocycles. The minimum Gasteiger partial charge on any atom is -0.480 e. The molecule has 3 atom stereocenters. The van der Waals surface area contributed by atoms with Gasteiger partial charge in [-0.3, -0.25) is 4.79 Å². The molecule has 23 heavy (non-hydrogen) atoms. The maximum absolute atomic E-state index is 13.0. The van der Waals surface area contributed by atoms with Gasteiger partial charge < -0.3 is 19.5 Å². The van der Waals surface area contributed by atoms with Crippen molar-refractivity contribution >= 4 is 23.5 Å². The van der Waals surface area contributed by atoms with E-state index in [0.29, 0.717) is 0 Å². The third kappa shape index (κ3) is 3.92. The van der Waals surface area contributed by atoms with E-state index in [2.05, 4.69) is 0 Å². The highest BCUT2D eigenvalue weighted by Gasteiger charge is 2.41. The molecule has 1 heterocycles. The summed E-state index contributed by atoms with van der Waals surface area (Å²) in [7, 11) is 1.47. The molecular weight excluding hydrogens is 329 g/mol. The SMILES string of the molecule is COC1CC(C(=O)O)N(C(=O)C(C)Oc2ccc(F)cc2Cl)C1. The van der Waals surface area contributed by atoms with Crippen LogP contribution in [-0.2, 0) is 14.3 Å². The van der Waals surface area contributed by atoms with Crippen LogP contribution in [0.15, 0.2) is 18.2 Å². The summed E-state index contributed by atoms with van der Waals surface area (Å²) in [6, 6.07) is 2.60. The molecule has 1 aromatic rings. The second-order valence-electron chi connectivity index (χ2n) is 5.27. The van der Waals surface area contributed by atoms with Crippen molar-refractivity contribution in [1.82, 2.24) is 4.90 Å². The highest BCUT2D eigenvalue weighted by Crippen LogP contribution is 2.27. The lowest BCUT2D eigenvalue weighted by molar-refractivity contribution is -0.150. The number of carboxylic acid groups (broad SMARTS) is 1. The van der Waals surface area contributed by atoms with Crippen molar-refractivity contribution in [3.63, 3.8) is 0 Å². The average Bonchev–Trinajstić information content (AvgIpc) is 2.93. The molecule has 1 saturated heterocycles. The molecular formula is C15H17ClFNO5. The second-order valence-corrected chi connectivity index (χ2v) is 5.68. The van der Waals surface area contributed by atoms with E-state index in [4.69, 9.17) is 21.1 Å². The van der Waals surface area contributed by atoms with Gasteiger partial charge in [-0.2, -0.15) is 0 Å². The standard InChI is InChI=1S/C15H17ClFNO5/c1-8(23-13-4-3-9(17)5-11(13)16)14(19)18-7-10(22-2)6-12(18)15(20)21/h3-5,8,10,12H,6-7H2,1-2H3,(H,20,21). The first kappa shape index (κ1) is 17.5. The summed E-state index contributed by atoms with van der Waals surface area (Å²) in [4.78, 5) is 25.0. The Kier molecular flexibility index (Phi) is 5.43. The molecule has 1 aliphatic heterocycles. The maximum Gasteiger partial charge on any atom is 0.326 e. The lowest BCUT2D eigenvalue weighted by Gasteiger charge is -2.25. The fourth-order valence-electron chi connectivity index (χ4n) is 2.49. The average molecular weight is 346 g/mol.